The van der Waals surface area contributed by atoms with E-state index in [0.29, 0.717) is 25.7 Å². The molecule has 1 aromatic carbocycles. The molecule has 0 bridgehead atoms. The van der Waals surface area contributed by atoms with Gasteiger partial charge in [-0.05, 0) is 31.2 Å². The Labute approximate surface area is 141 Å². The van der Waals surface area contributed by atoms with Crippen LogP contribution in [0.15, 0.2) is 24.3 Å². The number of benzene rings is 1. The third-order valence-electron chi connectivity index (χ3n) is 3.18. The topological polar surface area (TPSA) is 27.7 Å². The van der Waals surface area contributed by atoms with Crippen molar-refractivity contribution >= 4 is 25.6 Å². The molecule has 0 radical (unpaired) electrons. The summed E-state index contributed by atoms with van der Waals surface area (Å²) in [5.41, 5.74) is 1.23. The average molecular weight is 345 g/mol. The largest absolute Gasteiger partial charge is 0.537 e. The fraction of sp³-hybridized carbons (Fsp3) is 0.647. The summed E-state index contributed by atoms with van der Waals surface area (Å²) in [6, 6.07) is 8.35. The fourth-order valence-corrected chi connectivity index (χ4v) is 5.03. The molecule has 5 heteroatoms. The van der Waals surface area contributed by atoms with Gasteiger partial charge in [-0.25, -0.2) is 0 Å². The molecular weight excluding hydrogens is 316 g/mol. The van der Waals surface area contributed by atoms with E-state index in [9.17, 15) is 0 Å². The van der Waals surface area contributed by atoms with Crippen molar-refractivity contribution in [1.29, 1.82) is 0 Å². The lowest BCUT2D eigenvalue weighted by Crippen LogP contribution is -2.57. The number of alkyl halides is 1. The fourth-order valence-electron chi connectivity index (χ4n) is 2.07. The van der Waals surface area contributed by atoms with Crippen molar-refractivity contribution in [2.45, 2.75) is 46.5 Å². The van der Waals surface area contributed by atoms with Crippen LogP contribution >= 0.6 is 11.6 Å². The van der Waals surface area contributed by atoms with Crippen LogP contribution < -0.4 is 5.19 Å². The predicted molar refractivity (Wildman–Crippen MR) is 95.0 cm³/mol. The first-order valence-electron chi connectivity index (χ1n) is 8.29. The molecule has 0 aliphatic carbocycles. The van der Waals surface area contributed by atoms with Crippen molar-refractivity contribution < 1.29 is 13.3 Å². The molecule has 0 atom stereocenters. The van der Waals surface area contributed by atoms with Gasteiger partial charge in [0.2, 0.25) is 0 Å². The lowest BCUT2D eigenvalue weighted by molar-refractivity contribution is 0.0732. The minimum atomic E-state index is -2.81. The van der Waals surface area contributed by atoms with Crippen LogP contribution in [0.1, 0.15) is 45.6 Å². The van der Waals surface area contributed by atoms with Crippen LogP contribution in [0.2, 0.25) is 0 Å². The molecule has 0 fully saturated rings. The monoisotopic (exact) mass is 344 g/mol. The first-order valence-corrected chi connectivity index (χ1v) is 10.6. The molecule has 0 aromatic heterocycles. The zero-order valence-corrected chi connectivity index (χ0v) is 15.8. The van der Waals surface area contributed by atoms with Gasteiger partial charge in [-0.1, -0.05) is 45.0 Å². The first-order chi connectivity index (χ1) is 10.7. The molecular formula is C17H29ClO3Si. The summed E-state index contributed by atoms with van der Waals surface area (Å²) >= 11 is 5.81. The summed E-state index contributed by atoms with van der Waals surface area (Å²) in [5, 5.41) is 1.04. The van der Waals surface area contributed by atoms with Crippen molar-refractivity contribution in [3.63, 3.8) is 0 Å². The molecule has 0 aliphatic rings. The minimum Gasteiger partial charge on any atom is -0.370 e. The maximum absolute atomic E-state index is 6.14. The lowest BCUT2D eigenvalue weighted by atomic mass is 10.2. The molecule has 22 heavy (non-hydrogen) atoms. The normalized spacial score (nSPS) is 11.8. The standard InChI is InChI=1S/C17H29ClO3Si/c1-4-13-19-22(20-14-5-2,21-15-6-3)17-9-7-16(8-10-17)11-12-18/h7-10H,4-6,11-15H2,1-3H3. The van der Waals surface area contributed by atoms with Crippen LogP contribution in [0, 0.1) is 0 Å². The summed E-state index contributed by atoms with van der Waals surface area (Å²) in [6.45, 7) is 8.27. The van der Waals surface area contributed by atoms with Gasteiger partial charge in [-0.15, -0.1) is 11.6 Å². The van der Waals surface area contributed by atoms with Crippen molar-refractivity contribution in [2.24, 2.45) is 0 Å². The number of aryl methyl sites for hydroxylation is 1. The Morgan fingerprint density at radius 2 is 1.27 bits per heavy atom. The smallest absolute Gasteiger partial charge is 0.370 e. The van der Waals surface area contributed by atoms with E-state index in [2.05, 4.69) is 45.0 Å². The third kappa shape index (κ3) is 6.01. The summed E-state index contributed by atoms with van der Waals surface area (Å²) < 4.78 is 18.4. The molecule has 0 heterocycles. The van der Waals surface area contributed by atoms with E-state index in [1.54, 1.807) is 0 Å². The summed E-state index contributed by atoms with van der Waals surface area (Å²) in [7, 11) is -2.81. The van der Waals surface area contributed by atoms with E-state index in [1.807, 2.05) is 0 Å². The highest BCUT2D eigenvalue weighted by Gasteiger charge is 2.43. The number of halogens is 1. The zero-order valence-electron chi connectivity index (χ0n) is 14.1. The summed E-state index contributed by atoms with van der Waals surface area (Å²) in [5.74, 6) is 0.632. The van der Waals surface area contributed by atoms with Crippen LogP contribution in [-0.2, 0) is 19.7 Å². The van der Waals surface area contributed by atoms with Gasteiger partial charge in [0.25, 0.3) is 0 Å². The van der Waals surface area contributed by atoms with Gasteiger partial charge in [0.15, 0.2) is 0 Å². The van der Waals surface area contributed by atoms with Crippen molar-refractivity contribution in [3.8, 4) is 0 Å². The Bertz CT molecular complexity index is 376. The Hall–Kier alpha value is -0.393. The highest BCUT2D eigenvalue weighted by atomic mass is 35.5. The number of hydrogen-bond donors (Lipinski definition) is 0. The van der Waals surface area contributed by atoms with E-state index in [0.717, 1.165) is 30.9 Å². The molecule has 126 valence electrons. The van der Waals surface area contributed by atoms with E-state index in [4.69, 9.17) is 24.9 Å². The summed E-state index contributed by atoms with van der Waals surface area (Å²) in [6.07, 6.45) is 3.72. The van der Waals surface area contributed by atoms with Gasteiger partial charge in [-0.3, -0.25) is 0 Å². The Morgan fingerprint density at radius 3 is 1.64 bits per heavy atom. The Morgan fingerprint density at radius 1 is 0.818 bits per heavy atom. The third-order valence-corrected chi connectivity index (χ3v) is 6.16. The first kappa shape index (κ1) is 19.7. The second kappa shape index (κ2) is 11.2. The molecule has 0 saturated carbocycles. The van der Waals surface area contributed by atoms with Crippen LogP contribution in [0.5, 0.6) is 0 Å². The van der Waals surface area contributed by atoms with Crippen molar-refractivity contribution in [3.05, 3.63) is 29.8 Å². The molecule has 0 amide bonds. The summed E-state index contributed by atoms with van der Waals surface area (Å²) in [4.78, 5) is 0. The molecule has 3 nitrogen and oxygen atoms in total. The number of hydrogen-bond acceptors (Lipinski definition) is 3. The van der Waals surface area contributed by atoms with E-state index in [-0.39, 0.29) is 0 Å². The number of rotatable bonds is 12. The van der Waals surface area contributed by atoms with E-state index >= 15 is 0 Å². The van der Waals surface area contributed by atoms with E-state index in [1.165, 1.54) is 5.56 Å². The zero-order chi connectivity index (χ0) is 16.3. The van der Waals surface area contributed by atoms with Gasteiger partial charge in [0.1, 0.15) is 0 Å². The predicted octanol–water partition coefficient (Wildman–Crippen LogP) is 3.89. The van der Waals surface area contributed by atoms with Crippen LogP contribution in [0.4, 0.5) is 0 Å². The van der Waals surface area contributed by atoms with Crippen LogP contribution in [-0.4, -0.2) is 34.5 Å². The molecule has 0 unspecified atom stereocenters. The Balaban J connectivity index is 3.01. The Kier molecular flexibility index (Phi) is 10.00. The minimum absolute atomic E-state index is 0.632. The van der Waals surface area contributed by atoms with Gasteiger partial charge in [-0.2, -0.15) is 0 Å². The van der Waals surface area contributed by atoms with Crippen molar-refractivity contribution in [2.75, 3.05) is 25.7 Å². The van der Waals surface area contributed by atoms with Crippen LogP contribution in [0.25, 0.3) is 0 Å². The average Bonchev–Trinajstić information content (AvgIpc) is 2.56. The maximum atomic E-state index is 6.14. The molecule has 0 aliphatic heterocycles. The second-order valence-corrected chi connectivity index (χ2v) is 8.17. The van der Waals surface area contributed by atoms with Gasteiger partial charge in [0.05, 0.1) is 0 Å². The highest BCUT2D eigenvalue weighted by molar-refractivity contribution is 6.75. The lowest BCUT2D eigenvalue weighted by Gasteiger charge is -2.30. The second-order valence-electron chi connectivity index (χ2n) is 5.24. The van der Waals surface area contributed by atoms with Crippen LogP contribution in [0.3, 0.4) is 0 Å². The molecule has 1 rings (SSSR count). The van der Waals surface area contributed by atoms with Crippen molar-refractivity contribution in [1.82, 2.24) is 0 Å². The van der Waals surface area contributed by atoms with Gasteiger partial charge in [0, 0.05) is 30.9 Å². The van der Waals surface area contributed by atoms with Gasteiger partial charge >= 0.3 is 8.80 Å². The van der Waals surface area contributed by atoms with E-state index < -0.39 is 8.80 Å². The SMILES string of the molecule is CCCO[Si](OCCC)(OCCC)c1ccc(CCCl)cc1. The molecule has 0 N–H and O–H groups in total. The van der Waals surface area contributed by atoms with Gasteiger partial charge < -0.3 is 13.3 Å². The quantitative estimate of drug-likeness (QED) is 0.425. The molecule has 1 aromatic rings. The molecule has 0 spiro atoms. The highest BCUT2D eigenvalue weighted by Crippen LogP contribution is 2.14. The maximum Gasteiger partial charge on any atom is 0.537 e. The molecule has 0 saturated heterocycles.